The highest BCUT2D eigenvalue weighted by Gasteiger charge is 2.21. The number of amides is 1. The van der Waals surface area contributed by atoms with E-state index >= 15 is 0 Å². The van der Waals surface area contributed by atoms with Crippen LogP contribution >= 0.6 is 0 Å². The second kappa shape index (κ2) is 6.83. The van der Waals surface area contributed by atoms with Crippen molar-refractivity contribution >= 4 is 11.6 Å². The van der Waals surface area contributed by atoms with E-state index in [0.717, 1.165) is 35.4 Å². The van der Waals surface area contributed by atoms with Gasteiger partial charge in [0, 0.05) is 11.7 Å². The topological polar surface area (TPSA) is 64.3 Å². The summed E-state index contributed by atoms with van der Waals surface area (Å²) in [5.74, 6) is 0.698. The fourth-order valence-electron chi connectivity index (χ4n) is 2.75. The van der Waals surface area contributed by atoms with Crippen molar-refractivity contribution in [1.82, 2.24) is 5.32 Å². The molecular formula is C17H26N2O2. The van der Waals surface area contributed by atoms with Crippen LogP contribution in [0.5, 0.6) is 5.75 Å². The number of anilines is 1. The van der Waals surface area contributed by atoms with Crippen LogP contribution in [0.4, 0.5) is 5.69 Å². The molecule has 1 aliphatic rings. The molecule has 3 N–H and O–H groups in total. The molecule has 0 heterocycles. The van der Waals surface area contributed by atoms with Gasteiger partial charge in [-0.15, -0.1) is 0 Å². The van der Waals surface area contributed by atoms with E-state index in [0.29, 0.717) is 6.04 Å². The average molecular weight is 290 g/mol. The molecule has 4 heteroatoms. The van der Waals surface area contributed by atoms with Crippen molar-refractivity contribution in [3.8, 4) is 5.75 Å². The van der Waals surface area contributed by atoms with E-state index in [1.807, 2.05) is 26.0 Å². The predicted molar refractivity (Wildman–Crippen MR) is 85.4 cm³/mol. The molecule has 1 fully saturated rings. The van der Waals surface area contributed by atoms with Gasteiger partial charge in [0.05, 0.1) is 0 Å². The highest BCUT2D eigenvalue weighted by Crippen LogP contribution is 2.25. The molecule has 1 aromatic rings. The largest absolute Gasteiger partial charge is 0.481 e. The monoisotopic (exact) mass is 290 g/mol. The Hall–Kier alpha value is -1.71. The minimum Gasteiger partial charge on any atom is -0.481 e. The van der Waals surface area contributed by atoms with Crippen LogP contribution in [0.1, 0.15) is 50.2 Å². The van der Waals surface area contributed by atoms with Gasteiger partial charge in [-0.1, -0.05) is 19.3 Å². The van der Waals surface area contributed by atoms with E-state index in [1.54, 1.807) is 6.92 Å². The number of nitrogen functional groups attached to an aromatic ring is 1. The quantitative estimate of drug-likeness (QED) is 0.837. The zero-order valence-electron chi connectivity index (χ0n) is 13.2. The fourth-order valence-corrected chi connectivity index (χ4v) is 2.75. The number of benzene rings is 1. The Labute approximate surface area is 127 Å². The lowest BCUT2D eigenvalue weighted by molar-refractivity contribution is -0.128. The van der Waals surface area contributed by atoms with Gasteiger partial charge >= 0.3 is 0 Å². The molecule has 2 rings (SSSR count). The predicted octanol–water partition coefficient (Wildman–Crippen LogP) is 3.10. The second-order valence-corrected chi connectivity index (χ2v) is 6.08. The third kappa shape index (κ3) is 4.13. The van der Waals surface area contributed by atoms with Gasteiger partial charge in [0.15, 0.2) is 6.10 Å². The molecule has 116 valence electrons. The van der Waals surface area contributed by atoms with Crippen LogP contribution in [-0.4, -0.2) is 18.1 Å². The van der Waals surface area contributed by atoms with Crippen LogP contribution in [0.2, 0.25) is 0 Å². The molecule has 0 aromatic heterocycles. The Balaban J connectivity index is 1.95. The molecule has 1 atom stereocenters. The number of ether oxygens (including phenoxy) is 1. The van der Waals surface area contributed by atoms with E-state index in [9.17, 15) is 4.79 Å². The van der Waals surface area contributed by atoms with Gasteiger partial charge in [-0.25, -0.2) is 0 Å². The van der Waals surface area contributed by atoms with E-state index in [1.165, 1.54) is 19.3 Å². The zero-order valence-corrected chi connectivity index (χ0v) is 13.2. The molecule has 0 spiro atoms. The average Bonchev–Trinajstić information content (AvgIpc) is 2.45. The first-order valence-corrected chi connectivity index (χ1v) is 7.81. The Kier molecular flexibility index (Phi) is 5.10. The molecule has 21 heavy (non-hydrogen) atoms. The first-order chi connectivity index (χ1) is 9.97. The van der Waals surface area contributed by atoms with Gasteiger partial charge in [-0.05, 0) is 56.9 Å². The summed E-state index contributed by atoms with van der Waals surface area (Å²) in [6.45, 7) is 5.68. The molecule has 0 bridgehead atoms. The lowest BCUT2D eigenvalue weighted by atomic mass is 9.95. The van der Waals surface area contributed by atoms with Crippen LogP contribution in [0.15, 0.2) is 12.1 Å². The maximum absolute atomic E-state index is 12.2. The third-order valence-corrected chi connectivity index (χ3v) is 4.19. The van der Waals surface area contributed by atoms with Crippen molar-refractivity contribution in [3.63, 3.8) is 0 Å². The van der Waals surface area contributed by atoms with Gasteiger partial charge in [-0.3, -0.25) is 4.79 Å². The van der Waals surface area contributed by atoms with Crippen molar-refractivity contribution in [2.75, 3.05) is 5.73 Å². The van der Waals surface area contributed by atoms with Crippen molar-refractivity contribution in [1.29, 1.82) is 0 Å². The minimum absolute atomic E-state index is 0.0317. The van der Waals surface area contributed by atoms with Gasteiger partial charge in [0.25, 0.3) is 5.91 Å². The number of carbonyl (C=O) groups is 1. The Morgan fingerprint density at radius 2 is 1.90 bits per heavy atom. The Bertz CT molecular complexity index is 508. The summed E-state index contributed by atoms with van der Waals surface area (Å²) in [7, 11) is 0. The zero-order chi connectivity index (χ0) is 15.4. The highest BCUT2D eigenvalue weighted by atomic mass is 16.5. The summed E-state index contributed by atoms with van der Waals surface area (Å²) in [6.07, 6.45) is 5.36. The van der Waals surface area contributed by atoms with Crippen LogP contribution in [-0.2, 0) is 4.79 Å². The third-order valence-electron chi connectivity index (χ3n) is 4.19. The number of carbonyl (C=O) groups excluding carboxylic acids is 1. The molecule has 1 amide bonds. The molecule has 0 saturated heterocycles. The highest BCUT2D eigenvalue weighted by molar-refractivity contribution is 5.81. The van der Waals surface area contributed by atoms with Gasteiger partial charge < -0.3 is 15.8 Å². The number of hydrogen-bond donors (Lipinski definition) is 2. The van der Waals surface area contributed by atoms with E-state index in [4.69, 9.17) is 10.5 Å². The molecule has 1 aromatic carbocycles. The Morgan fingerprint density at radius 3 is 2.57 bits per heavy atom. The molecular weight excluding hydrogens is 264 g/mol. The summed E-state index contributed by atoms with van der Waals surface area (Å²) < 4.78 is 5.82. The number of rotatable bonds is 4. The summed E-state index contributed by atoms with van der Waals surface area (Å²) in [5, 5.41) is 3.10. The van der Waals surface area contributed by atoms with E-state index in [-0.39, 0.29) is 5.91 Å². The maximum atomic E-state index is 12.2. The van der Waals surface area contributed by atoms with Crippen LogP contribution in [0.3, 0.4) is 0 Å². The van der Waals surface area contributed by atoms with Gasteiger partial charge in [-0.2, -0.15) is 0 Å². The summed E-state index contributed by atoms with van der Waals surface area (Å²) >= 11 is 0. The second-order valence-electron chi connectivity index (χ2n) is 6.08. The molecule has 1 unspecified atom stereocenters. The summed E-state index contributed by atoms with van der Waals surface area (Å²) in [6, 6.07) is 4.09. The van der Waals surface area contributed by atoms with Crippen molar-refractivity contribution in [2.45, 2.75) is 65.0 Å². The lowest BCUT2D eigenvalue weighted by Crippen LogP contribution is -2.43. The van der Waals surface area contributed by atoms with E-state index in [2.05, 4.69) is 5.32 Å². The normalized spacial score (nSPS) is 17.3. The number of nitrogens with two attached hydrogens (primary N) is 1. The van der Waals surface area contributed by atoms with Gasteiger partial charge in [0.2, 0.25) is 0 Å². The van der Waals surface area contributed by atoms with Crippen molar-refractivity contribution in [2.24, 2.45) is 0 Å². The standard InChI is InChI=1S/C17H26N2O2/c1-11-10-16(12(2)9-15(11)18)21-13(3)17(20)19-14-7-5-4-6-8-14/h9-10,13-14H,4-8,18H2,1-3H3,(H,19,20). The van der Waals surface area contributed by atoms with Crippen molar-refractivity contribution < 1.29 is 9.53 Å². The first-order valence-electron chi connectivity index (χ1n) is 7.81. The Morgan fingerprint density at radius 1 is 1.24 bits per heavy atom. The van der Waals surface area contributed by atoms with E-state index < -0.39 is 6.10 Å². The lowest BCUT2D eigenvalue weighted by Gasteiger charge is -2.25. The van der Waals surface area contributed by atoms with Crippen LogP contribution in [0.25, 0.3) is 0 Å². The smallest absolute Gasteiger partial charge is 0.260 e. The molecule has 0 radical (unpaired) electrons. The summed E-state index contributed by atoms with van der Waals surface area (Å²) in [5.41, 5.74) is 8.54. The van der Waals surface area contributed by atoms with Crippen molar-refractivity contribution in [3.05, 3.63) is 23.3 Å². The molecule has 1 aliphatic carbocycles. The van der Waals surface area contributed by atoms with Gasteiger partial charge in [0.1, 0.15) is 5.75 Å². The van der Waals surface area contributed by atoms with Crippen LogP contribution in [0, 0.1) is 13.8 Å². The fraction of sp³-hybridized carbons (Fsp3) is 0.588. The van der Waals surface area contributed by atoms with Crippen LogP contribution < -0.4 is 15.8 Å². The first kappa shape index (κ1) is 15.7. The molecule has 1 saturated carbocycles. The maximum Gasteiger partial charge on any atom is 0.260 e. The molecule has 0 aliphatic heterocycles. The molecule has 4 nitrogen and oxygen atoms in total. The number of aryl methyl sites for hydroxylation is 2. The number of hydrogen-bond acceptors (Lipinski definition) is 3. The number of nitrogens with one attached hydrogen (secondary N) is 1. The SMILES string of the molecule is Cc1cc(OC(C)C(=O)NC2CCCCC2)c(C)cc1N. The summed E-state index contributed by atoms with van der Waals surface area (Å²) in [4.78, 5) is 12.2. The minimum atomic E-state index is -0.492.